The number of anilines is 1. The van der Waals surface area contributed by atoms with Crippen LogP contribution in [0.25, 0.3) is 11.8 Å². The lowest BCUT2D eigenvalue weighted by Gasteiger charge is -2.26. The van der Waals surface area contributed by atoms with Crippen LogP contribution in [0.3, 0.4) is 0 Å². The van der Waals surface area contributed by atoms with Crippen molar-refractivity contribution in [3.05, 3.63) is 86.6 Å². The third-order valence-electron chi connectivity index (χ3n) is 5.05. The summed E-state index contributed by atoms with van der Waals surface area (Å²) >= 11 is 9.69. The number of barbiturate groups is 1. The van der Waals surface area contributed by atoms with Crippen molar-refractivity contribution >= 4 is 57.1 Å². The lowest BCUT2D eigenvalue weighted by molar-refractivity contribution is -0.122. The molecule has 2 heterocycles. The maximum atomic E-state index is 13.1. The van der Waals surface area contributed by atoms with E-state index in [0.717, 1.165) is 26.4 Å². The van der Waals surface area contributed by atoms with E-state index in [1.54, 1.807) is 30.3 Å². The Kier molecular flexibility index (Phi) is 5.56. The van der Waals surface area contributed by atoms with Crippen LogP contribution in [0.2, 0.25) is 5.02 Å². The number of benzene rings is 2. The first kappa shape index (κ1) is 21.1. The Bertz CT molecular complexity index is 1260. The third kappa shape index (κ3) is 3.82. The average Bonchev–Trinajstić information content (AvgIpc) is 3.00. The van der Waals surface area contributed by atoms with Crippen molar-refractivity contribution in [1.29, 1.82) is 0 Å². The molecule has 0 saturated carbocycles. The molecule has 1 fully saturated rings. The van der Waals surface area contributed by atoms with Crippen molar-refractivity contribution in [2.75, 3.05) is 4.90 Å². The topological polar surface area (TPSA) is 71.4 Å². The van der Waals surface area contributed by atoms with Gasteiger partial charge in [-0.05, 0) is 68.0 Å². The van der Waals surface area contributed by atoms with Gasteiger partial charge < -0.3 is 4.57 Å². The molecule has 0 unspecified atom stereocenters. The number of nitrogens with one attached hydrogen (secondary N) is 1. The van der Waals surface area contributed by atoms with Crippen LogP contribution in [0, 0.1) is 13.8 Å². The van der Waals surface area contributed by atoms with Crippen LogP contribution in [0.1, 0.15) is 17.0 Å². The summed E-state index contributed by atoms with van der Waals surface area (Å²) in [6.45, 7) is 3.80. The minimum absolute atomic E-state index is 0.123. The monoisotopic (exact) mass is 497 g/mol. The summed E-state index contributed by atoms with van der Waals surface area (Å²) in [5.74, 6) is -1.41. The van der Waals surface area contributed by atoms with E-state index < -0.39 is 17.8 Å². The van der Waals surface area contributed by atoms with Gasteiger partial charge >= 0.3 is 6.03 Å². The lowest BCUT2D eigenvalue weighted by atomic mass is 10.1. The number of aryl methyl sites for hydroxylation is 1. The van der Waals surface area contributed by atoms with Crippen LogP contribution < -0.4 is 10.2 Å². The third-order valence-corrected chi connectivity index (χ3v) is 5.90. The van der Waals surface area contributed by atoms with Crippen LogP contribution in [0.4, 0.5) is 10.5 Å². The molecule has 3 aromatic rings. The molecule has 0 atom stereocenters. The fourth-order valence-electron chi connectivity index (χ4n) is 3.58. The molecular weight excluding hydrogens is 482 g/mol. The molecule has 8 heteroatoms. The van der Waals surface area contributed by atoms with E-state index >= 15 is 0 Å². The number of rotatable bonds is 3. The highest BCUT2D eigenvalue weighted by atomic mass is 79.9. The highest BCUT2D eigenvalue weighted by Gasteiger charge is 2.37. The molecule has 0 bridgehead atoms. The number of amides is 4. The van der Waals surface area contributed by atoms with E-state index in [2.05, 4.69) is 21.2 Å². The molecule has 156 valence electrons. The molecule has 0 spiro atoms. The van der Waals surface area contributed by atoms with Crippen molar-refractivity contribution < 1.29 is 14.4 Å². The number of imide groups is 2. The van der Waals surface area contributed by atoms with Crippen LogP contribution in [-0.4, -0.2) is 22.4 Å². The highest BCUT2D eigenvalue weighted by molar-refractivity contribution is 9.10. The molecule has 0 radical (unpaired) electrons. The highest BCUT2D eigenvalue weighted by Crippen LogP contribution is 2.29. The van der Waals surface area contributed by atoms with E-state index in [9.17, 15) is 14.4 Å². The molecule has 31 heavy (non-hydrogen) atoms. The molecule has 2 aromatic carbocycles. The van der Waals surface area contributed by atoms with Gasteiger partial charge in [-0.15, -0.1) is 0 Å². The van der Waals surface area contributed by atoms with Crippen LogP contribution >= 0.6 is 27.5 Å². The van der Waals surface area contributed by atoms with Gasteiger partial charge in [-0.1, -0.05) is 39.7 Å². The predicted octanol–water partition coefficient (Wildman–Crippen LogP) is 5.18. The number of halogens is 2. The van der Waals surface area contributed by atoms with Crippen molar-refractivity contribution in [3.63, 3.8) is 0 Å². The number of hydrogen-bond acceptors (Lipinski definition) is 3. The van der Waals surface area contributed by atoms with Crippen molar-refractivity contribution in [2.24, 2.45) is 0 Å². The number of carbonyl (C=O) groups excluding carboxylic acids is 3. The first-order valence-electron chi connectivity index (χ1n) is 9.39. The van der Waals surface area contributed by atoms with Crippen LogP contribution in [0.5, 0.6) is 0 Å². The van der Waals surface area contributed by atoms with Gasteiger partial charge in [-0.2, -0.15) is 0 Å². The molecule has 4 amide bonds. The van der Waals surface area contributed by atoms with Gasteiger partial charge in [0, 0.05) is 15.9 Å². The van der Waals surface area contributed by atoms with Gasteiger partial charge in [0.25, 0.3) is 11.8 Å². The first-order chi connectivity index (χ1) is 14.8. The number of hydrogen-bond donors (Lipinski definition) is 1. The maximum Gasteiger partial charge on any atom is 0.335 e. The second-order valence-electron chi connectivity index (χ2n) is 7.05. The Hall–Kier alpha value is -3.16. The van der Waals surface area contributed by atoms with E-state index in [1.165, 1.54) is 6.08 Å². The smallest absolute Gasteiger partial charge is 0.316 e. The molecule has 1 saturated heterocycles. The summed E-state index contributed by atoms with van der Waals surface area (Å²) in [6.07, 6.45) is 1.51. The van der Waals surface area contributed by atoms with Crippen LogP contribution in [0.15, 0.2) is 64.6 Å². The van der Waals surface area contributed by atoms with E-state index in [0.29, 0.717) is 16.3 Å². The zero-order valence-corrected chi connectivity index (χ0v) is 19.0. The van der Waals surface area contributed by atoms with E-state index in [1.807, 2.05) is 42.7 Å². The maximum absolute atomic E-state index is 13.1. The average molecular weight is 499 g/mol. The van der Waals surface area contributed by atoms with Crippen molar-refractivity contribution in [3.8, 4) is 5.69 Å². The zero-order chi connectivity index (χ0) is 22.3. The Balaban J connectivity index is 1.77. The molecule has 0 aliphatic carbocycles. The van der Waals surface area contributed by atoms with Gasteiger partial charge in [0.05, 0.1) is 16.4 Å². The Morgan fingerprint density at radius 3 is 2.35 bits per heavy atom. The minimum atomic E-state index is -0.781. The normalized spacial score (nSPS) is 15.5. The zero-order valence-electron chi connectivity index (χ0n) is 16.6. The minimum Gasteiger partial charge on any atom is -0.316 e. The Morgan fingerprint density at radius 1 is 1.00 bits per heavy atom. The summed E-state index contributed by atoms with van der Waals surface area (Å²) in [7, 11) is 0. The number of urea groups is 1. The fraction of sp³-hybridized carbons (Fsp3) is 0.0870. The lowest BCUT2D eigenvalue weighted by Crippen LogP contribution is -2.54. The Morgan fingerprint density at radius 2 is 1.68 bits per heavy atom. The number of carbonyl (C=O) groups is 3. The SMILES string of the molecule is Cc1cc(/C=C2\C(=O)NC(=O)N(c3ccc(Br)cc3)C2=O)c(C)n1-c1ccccc1Cl. The van der Waals surface area contributed by atoms with Crippen molar-refractivity contribution in [2.45, 2.75) is 13.8 Å². The summed E-state index contributed by atoms with van der Waals surface area (Å²) < 4.78 is 2.76. The number of aromatic nitrogens is 1. The van der Waals surface area contributed by atoms with Gasteiger partial charge in [-0.3, -0.25) is 14.9 Å². The summed E-state index contributed by atoms with van der Waals surface area (Å²) in [5, 5.41) is 2.83. The quantitative estimate of drug-likeness (QED) is 0.400. The first-order valence-corrected chi connectivity index (χ1v) is 10.6. The molecule has 6 nitrogen and oxygen atoms in total. The fourth-order valence-corrected chi connectivity index (χ4v) is 4.06. The van der Waals surface area contributed by atoms with Crippen LogP contribution in [-0.2, 0) is 9.59 Å². The molecular formula is C23H17BrClN3O3. The van der Waals surface area contributed by atoms with Gasteiger partial charge in [0.2, 0.25) is 0 Å². The summed E-state index contributed by atoms with van der Waals surface area (Å²) in [4.78, 5) is 38.9. The second kappa shape index (κ2) is 8.17. The molecule has 1 aliphatic rings. The number of nitrogens with zero attached hydrogens (tertiary/aromatic N) is 2. The largest absolute Gasteiger partial charge is 0.335 e. The van der Waals surface area contributed by atoms with E-state index in [-0.39, 0.29) is 5.57 Å². The van der Waals surface area contributed by atoms with Gasteiger partial charge in [0.15, 0.2) is 0 Å². The molecule has 4 rings (SSSR count). The standard InChI is InChI=1S/C23H17BrClN3O3/c1-13-11-15(14(2)27(13)20-6-4-3-5-19(20)25)12-18-21(29)26-23(31)28(22(18)30)17-9-7-16(24)8-10-17/h3-12H,1-2H3,(H,26,29,31)/b18-12+. The molecule has 1 aromatic heterocycles. The van der Waals surface area contributed by atoms with Gasteiger partial charge in [0.1, 0.15) is 5.57 Å². The number of para-hydroxylation sites is 1. The predicted molar refractivity (Wildman–Crippen MR) is 123 cm³/mol. The molecule has 1 aliphatic heterocycles. The summed E-state index contributed by atoms with van der Waals surface area (Å²) in [6, 6.07) is 15.2. The van der Waals surface area contributed by atoms with E-state index in [4.69, 9.17) is 11.6 Å². The Labute approximate surface area is 192 Å². The van der Waals surface area contributed by atoms with Crippen molar-refractivity contribution in [1.82, 2.24) is 9.88 Å². The molecule has 1 N–H and O–H groups in total. The van der Waals surface area contributed by atoms with Gasteiger partial charge in [-0.25, -0.2) is 9.69 Å². The summed E-state index contributed by atoms with van der Waals surface area (Å²) in [5.41, 5.74) is 3.43. The second-order valence-corrected chi connectivity index (χ2v) is 8.37.